The van der Waals surface area contributed by atoms with Crippen LogP contribution in [0, 0.1) is 12.7 Å². The normalized spacial score (nSPS) is 13.0. The van der Waals surface area contributed by atoms with Crippen molar-refractivity contribution in [1.29, 1.82) is 0 Å². The predicted octanol–water partition coefficient (Wildman–Crippen LogP) is 3.51. The maximum atomic E-state index is 13.9. The average Bonchev–Trinajstić information content (AvgIpc) is 2.76. The fourth-order valence-corrected chi connectivity index (χ4v) is 2.62. The summed E-state index contributed by atoms with van der Waals surface area (Å²) in [5.41, 5.74) is 2.21. The molecule has 2 aromatic rings. The van der Waals surface area contributed by atoms with E-state index in [1.807, 2.05) is 0 Å². The van der Waals surface area contributed by atoms with Gasteiger partial charge in [-0.1, -0.05) is 17.7 Å². The first-order chi connectivity index (χ1) is 9.95. The molecule has 1 aliphatic heterocycles. The molecule has 1 amide bonds. The average molecular weight is 304 g/mol. The van der Waals surface area contributed by atoms with Crippen molar-refractivity contribution >= 4 is 29.0 Å². The molecular weight excluding hydrogens is 293 g/mol. The van der Waals surface area contributed by atoms with E-state index in [4.69, 9.17) is 11.6 Å². The number of anilines is 1. The summed E-state index contributed by atoms with van der Waals surface area (Å²) in [5, 5.41) is 2.85. The first-order valence-electron chi connectivity index (χ1n) is 6.39. The molecule has 5 heteroatoms. The summed E-state index contributed by atoms with van der Waals surface area (Å²) >= 11 is 6.09. The van der Waals surface area contributed by atoms with Gasteiger partial charge >= 0.3 is 0 Å². The Hall–Kier alpha value is -2.20. The second-order valence-electron chi connectivity index (χ2n) is 5.03. The molecule has 0 aliphatic carbocycles. The van der Waals surface area contributed by atoms with Gasteiger partial charge in [0.15, 0.2) is 5.78 Å². The van der Waals surface area contributed by atoms with Gasteiger partial charge in [0.05, 0.1) is 17.0 Å². The number of fused-ring (bicyclic) bond motifs is 1. The Morgan fingerprint density at radius 3 is 2.71 bits per heavy atom. The zero-order valence-electron chi connectivity index (χ0n) is 11.2. The van der Waals surface area contributed by atoms with Crippen molar-refractivity contribution in [3.63, 3.8) is 0 Å². The molecule has 0 saturated carbocycles. The van der Waals surface area contributed by atoms with Crippen LogP contribution in [0.25, 0.3) is 0 Å². The third-order valence-electron chi connectivity index (χ3n) is 3.43. The number of aryl methyl sites for hydroxylation is 1. The topological polar surface area (TPSA) is 46.2 Å². The van der Waals surface area contributed by atoms with Crippen molar-refractivity contribution < 1.29 is 14.0 Å². The number of nitrogens with one attached hydrogen (secondary N) is 1. The van der Waals surface area contributed by atoms with E-state index >= 15 is 0 Å². The van der Waals surface area contributed by atoms with Crippen LogP contribution in [-0.4, -0.2) is 11.7 Å². The van der Waals surface area contributed by atoms with Gasteiger partial charge in [0, 0.05) is 11.3 Å². The molecule has 1 aliphatic rings. The van der Waals surface area contributed by atoms with Crippen molar-refractivity contribution in [2.75, 3.05) is 5.32 Å². The number of amides is 1. The monoisotopic (exact) mass is 303 g/mol. The lowest BCUT2D eigenvalue weighted by Gasteiger charge is -2.08. The van der Waals surface area contributed by atoms with Crippen molar-refractivity contribution in [2.45, 2.75) is 13.3 Å². The number of hydrogen-bond acceptors (Lipinski definition) is 2. The molecule has 2 aromatic carbocycles. The summed E-state index contributed by atoms with van der Waals surface area (Å²) in [6.45, 7) is 1.75. The van der Waals surface area contributed by atoms with Gasteiger partial charge in [-0.05, 0) is 42.3 Å². The van der Waals surface area contributed by atoms with Crippen LogP contribution in [0.3, 0.4) is 0 Å². The second-order valence-corrected chi connectivity index (χ2v) is 5.43. The van der Waals surface area contributed by atoms with Gasteiger partial charge in [0.2, 0.25) is 5.91 Å². The van der Waals surface area contributed by atoms with Crippen LogP contribution in [0.15, 0.2) is 30.3 Å². The van der Waals surface area contributed by atoms with E-state index in [0.29, 0.717) is 11.3 Å². The summed E-state index contributed by atoms with van der Waals surface area (Å²) in [5.74, 6) is -1.21. The molecule has 0 bridgehead atoms. The molecular formula is C16H11ClFNO2. The molecule has 0 unspecified atom stereocenters. The molecule has 0 saturated heterocycles. The molecule has 3 nitrogen and oxygen atoms in total. The first kappa shape index (κ1) is 13.8. The van der Waals surface area contributed by atoms with Crippen LogP contribution >= 0.6 is 11.6 Å². The number of halogens is 2. The molecule has 0 atom stereocenters. The van der Waals surface area contributed by atoms with Crippen LogP contribution in [-0.2, 0) is 11.2 Å². The van der Waals surface area contributed by atoms with Crippen molar-refractivity contribution in [1.82, 2.24) is 0 Å². The zero-order valence-corrected chi connectivity index (χ0v) is 11.9. The number of carbonyl (C=O) groups is 2. The van der Waals surface area contributed by atoms with E-state index in [2.05, 4.69) is 5.32 Å². The highest BCUT2D eigenvalue weighted by Crippen LogP contribution is 2.31. The summed E-state index contributed by atoms with van der Waals surface area (Å²) in [4.78, 5) is 23.8. The molecule has 1 N–H and O–H groups in total. The third kappa shape index (κ3) is 2.43. The summed E-state index contributed by atoms with van der Waals surface area (Å²) in [6.07, 6.45) is 0.198. The number of benzene rings is 2. The van der Waals surface area contributed by atoms with Crippen LogP contribution < -0.4 is 5.32 Å². The molecule has 0 radical (unpaired) electrons. The lowest BCUT2D eigenvalue weighted by Crippen LogP contribution is -2.06. The van der Waals surface area contributed by atoms with Crippen molar-refractivity contribution in [2.24, 2.45) is 0 Å². The van der Waals surface area contributed by atoms with E-state index in [1.54, 1.807) is 19.1 Å². The molecule has 0 spiro atoms. The molecule has 0 aromatic heterocycles. The number of hydrogen-bond donors (Lipinski definition) is 1. The van der Waals surface area contributed by atoms with Crippen LogP contribution in [0.5, 0.6) is 0 Å². The minimum Gasteiger partial charge on any atom is -0.325 e. The molecule has 21 heavy (non-hydrogen) atoms. The Morgan fingerprint density at radius 2 is 2.00 bits per heavy atom. The van der Waals surface area contributed by atoms with E-state index in [9.17, 15) is 14.0 Å². The van der Waals surface area contributed by atoms with Crippen LogP contribution in [0.1, 0.15) is 27.0 Å². The largest absolute Gasteiger partial charge is 0.325 e. The minimum atomic E-state index is -0.578. The van der Waals surface area contributed by atoms with Crippen LogP contribution in [0.4, 0.5) is 10.1 Å². The highest BCUT2D eigenvalue weighted by atomic mass is 35.5. The smallest absolute Gasteiger partial charge is 0.228 e. The van der Waals surface area contributed by atoms with Gasteiger partial charge < -0.3 is 5.32 Å². The van der Waals surface area contributed by atoms with Gasteiger partial charge in [0.25, 0.3) is 0 Å². The number of rotatable bonds is 2. The van der Waals surface area contributed by atoms with E-state index in [0.717, 1.165) is 5.56 Å². The lowest BCUT2D eigenvalue weighted by atomic mass is 9.99. The van der Waals surface area contributed by atoms with Gasteiger partial charge in [-0.25, -0.2) is 4.39 Å². The van der Waals surface area contributed by atoms with Gasteiger partial charge in [0.1, 0.15) is 5.82 Å². The zero-order chi connectivity index (χ0) is 15.1. The highest BCUT2D eigenvalue weighted by Gasteiger charge is 2.23. The summed E-state index contributed by atoms with van der Waals surface area (Å²) < 4.78 is 13.9. The first-order valence-corrected chi connectivity index (χ1v) is 6.76. The quantitative estimate of drug-likeness (QED) is 0.863. The molecule has 0 fully saturated rings. The maximum absolute atomic E-state index is 13.9. The second kappa shape index (κ2) is 4.97. The van der Waals surface area contributed by atoms with E-state index in [1.165, 1.54) is 18.2 Å². The predicted molar refractivity (Wildman–Crippen MR) is 78.4 cm³/mol. The van der Waals surface area contributed by atoms with Crippen LogP contribution in [0.2, 0.25) is 5.02 Å². The van der Waals surface area contributed by atoms with E-state index in [-0.39, 0.29) is 28.5 Å². The Balaban J connectivity index is 2.06. The molecule has 3 rings (SSSR count). The third-order valence-corrected chi connectivity index (χ3v) is 3.74. The van der Waals surface area contributed by atoms with E-state index < -0.39 is 11.6 Å². The van der Waals surface area contributed by atoms with Crippen molar-refractivity contribution in [3.8, 4) is 0 Å². The summed E-state index contributed by atoms with van der Waals surface area (Å²) in [6, 6.07) is 7.50. The lowest BCUT2D eigenvalue weighted by molar-refractivity contribution is -0.115. The Labute approximate surface area is 125 Å². The minimum absolute atomic E-state index is 0.0280. The van der Waals surface area contributed by atoms with Gasteiger partial charge in [-0.2, -0.15) is 0 Å². The molecule has 1 heterocycles. The Morgan fingerprint density at radius 1 is 1.24 bits per heavy atom. The molecule has 106 valence electrons. The standard InChI is InChI=1S/C16H11ClFNO2/c1-8-2-3-10(13(18)4-8)16(21)11-5-9-6-15(20)19-14(9)7-12(11)17/h2-5,7H,6H2,1H3,(H,19,20). The fourth-order valence-electron chi connectivity index (χ4n) is 2.37. The Bertz CT molecular complexity index is 786. The number of ketones is 1. The van der Waals surface area contributed by atoms with Gasteiger partial charge in [-0.3, -0.25) is 9.59 Å². The number of carbonyl (C=O) groups excluding carboxylic acids is 2. The SMILES string of the molecule is Cc1ccc(C(=O)c2cc3c(cc2Cl)NC(=O)C3)c(F)c1. The highest BCUT2D eigenvalue weighted by molar-refractivity contribution is 6.35. The van der Waals surface area contributed by atoms with Gasteiger partial charge in [-0.15, -0.1) is 0 Å². The van der Waals surface area contributed by atoms with Crippen molar-refractivity contribution in [3.05, 3.63) is 63.4 Å². The Kier molecular flexibility index (Phi) is 3.26. The maximum Gasteiger partial charge on any atom is 0.228 e. The summed E-state index contributed by atoms with van der Waals surface area (Å²) in [7, 11) is 0. The fraction of sp³-hybridized carbons (Fsp3) is 0.125.